The second kappa shape index (κ2) is 6.64. The van der Waals surface area contributed by atoms with Gasteiger partial charge in [-0.2, -0.15) is 0 Å². The number of hydrogen-bond donors (Lipinski definition) is 1. The molecular formula is C14H21NO5S. The number of benzene rings is 1. The molecule has 0 radical (unpaired) electrons. The van der Waals surface area contributed by atoms with E-state index in [2.05, 4.69) is 4.72 Å². The average molecular weight is 315 g/mol. The highest BCUT2D eigenvalue weighted by atomic mass is 32.2. The second-order valence-electron chi connectivity index (χ2n) is 4.98. The Balaban J connectivity index is 2.22. The molecule has 0 unspecified atom stereocenters. The first kappa shape index (κ1) is 16.1. The number of nitrogens with one attached hydrogen (secondary N) is 1. The van der Waals surface area contributed by atoms with Crippen molar-refractivity contribution in [2.45, 2.75) is 36.8 Å². The van der Waals surface area contributed by atoms with Crippen molar-refractivity contribution in [1.29, 1.82) is 0 Å². The van der Waals surface area contributed by atoms with E-state index in [1.807, 2.05) is 6.92 Å². The lowest BCUT2D eigenvalue weighted by Crippen LogP contribution is -2.40. The predicted molar refractivity (Wildman–Crippen MR) is 78.3 cm³/mol. The van der Waals surface area contributed by atoms with Gasteiger partial charge in [0, 0.05) is 18.7 Å². The monoisotopic (exact) mass is 315 g/mol. The molecule has 0 aromatic heterocycles. The Hall–Kier alpha value is -1.31. The van der Waals surface area contributed by atoms with Gasteiger partial charge >= 0.3 is 0 Å². The van der Waals surface area contributed by atoms with E-state index in [1.165, 1.54) is 20.3 Å². The Morgan fingerprint density at radius 1 is 1.33 bits per heavy atom. The molecule has 1 aromatic rings. The van der Waals surface area contributed by atoms with E-state index in [0.29, 0.717) is 12.4 Å². The van der Waals surface area contributed by atoms with Gasteiger partial charge in [0.25, 0.3) is 0 Å². The van der Waals surface area contributed by atoms with Crippen LogP contribution in [0.4, 0.5) is 0 Å². The molecule has 1 heterocycles. The molecule has 0 aliphatic carbocycles. The van der Waals surface area contributed by atoms with Crippen LogP contribution in [0.3, 0.4) is 0 Å². The van der Waals surface area contributed by atoms with Crippen LogP contribution in [0.5, 0.6) is 11.5 Å². The fraction of sp³-hybridized carbons (Fsp3) is 0.571. The van der Waals surface area contributed by atoms with Crippen LogP contribution in [0.2, 0.25) is 0 Å². The molecule has 6 nitrogen and oxygen atoms in total. The Kier molecular flexibility index (Phi) is 5.08. The molecule has 21 heavy (non-hydrogen) atoms. The molecule has 1 saturated heterocycles. The van der Waals surface area contributed by atoms with Crippen molar-refractivity contribution in [1.82, 2.24) is 4.72 Å². The van der Waals surface area contributed by atoms with Gasteiger partial charge in [-0.15, -0.1) is 0 Å². The van der Waals surface area contributed by atoms with Crippen molar-refractivity contribution < 1.29 is 22.6 Å². The van der Waals surface area contributed by atoms with Gasteiger partial charge in [0.2, 0.25) is 10.0 Å². The van der Waals surface area contributed by atoms with E-state index in [9.17, 15) is 8.42 Å². The molecule has 1 N–H and O–H groups in total. The van der Waals surface area contributed by atoms with Crippen LogP contribution in [0, 0.1) is 0 Å². The summed E-state index contributed by atoms with van der Waals surface area (Å²) in [4.78, 5) is 0.0932. The molecule has 0 bridgehead atoms. The average Bonchev–Trinajstić information content (AvgIpc) is 3.00. The molecule has 2 rings (SSSR count). The van der Waals surface area contributed by atoms with Crippen molar-refractivity contribution in [3.05, 3.63) is 18.2 Å². The van der Waals surface area contributed by atoms with Crippen molar-refractivity contribution in [2.75, 3.05) is 20.8 Å². The quantitative estimate of drug-likeness (QED) is 0.862. The lowest BCUT2D eigenvalue weighted by atomic mass is 10.1. The van der Waals surface area contributed by atoms with E-state index < -0.39 is 10.0 Å². The molecule has 1 aliphatic rings. The van der Waals surface area contributed by atoms with Crippen LogP contribution in [-0.4, -0.2) is 41.4 Å². The zero-order valence-corrected chi connectivity index (χ0v) is 13.3. The van der Waals surface area contributed by atoms with Gasteiger partial charge in [0.05, 0.1) is 20.3 Å². The molecule has 1 aromatic carbocycles. The lowest BCUT2D eigenvalue weighted by Gasteiger charge is -2.20. The van der Waals surface area contributed by atoms with E-state index in [-0.39, 0.29) is 22.8 Å². The summed E-state index contributed by atoms with van der Waals surface area (Å²) in [5.74, 6) is 0.791. The zero-order valence-electron chi connectivity index (χ0n) is 12.5. The smallest absolute Gasteiger partial charge is 0.244 e. The first-order valence-corrected chi connectivity index (χ1v) is 8.32. The molecule has 2 atom stereocenters. The van der Waals surface area contributed by atoms with E-state index >= 15 is 0 Å². The van der Waals surface area contributed by atoms with Crippen LogP contribution in [0.15, 0.2) is 23.1 Å². The number of methoxy groups -OCH3 is 2. The Labute approximate surface area is 125 Å². The van der Waals surface area contributed by atoms with Gasteiger partial charge in [-0.25, -0.2) is 13.1 Å². The van der Waals surface area contributed by atoms with E-state index in [1.54, 1.807) is 12.1 Å². The summed E-state index contributed by atoms with van der Waals surface area (Å²) in [5, 5.41) is 0. The van der Waals surface area contributed by atoms with Gasteiger partial charge in [0.15, 0.2) is 0 Å². The first-order chi connectivity index (χ1) is 9.97. The summed E-state index contributed by atoms with van der Waals surface area (Å²) in [6, 6.07) is 4.32. The SMILES string of the molecule is COc1ccc(S(=O)(=O)N[C@@H](C)[C@H]2CCCO2)c(OC)c1. The Bertz CT molecular complexity index is 581. The van der Waals surface area contributed by atoms with Gasteiger partial charge in [0.1, 0.15) is 16.4 Å². The summed E-state index contributed by atoms with van der Waals surface area (Å²) < 4.78 is 43.4. The van der Waals surface area contributed by atoms with Crippen LogP contribution in [-0.2, 0) is 14.8 Å². The molecule has 0 amide bonds. The molecular weight excluding hydrogens is 294 g/mol. The topological polar surface area (TPSA) is 73.9 Å². The third-order valence-corrected chi connectivity index (χ3v) is 5.12. The van der Waals surface area contributed by atoms with Gasteiger partial charge in [-0.05, 0) is 31.9 Å². The summed E-state index contributed by atoms with van der Waals surface area (Å²) in [6.45, 7) is 2.49. The largest absolute Gasteiger partial charge is 0.497 e. The van der Waals surface area contributed by atoms with E-state index in [0.717, 1.165) is 12.8 Å². The van der Waals surface area contributed by atoms with Crippen molar-refractivity contribution in [3.63, 3.8) is 0 Å². The van der Waals surface area contributed by atoms with Crippen molar-refractivity contribution in [3.8, 4) is 11.5 Å². The highest BCUT2D eigenvalue weighted by Crippen LogP contribution is 2.29. The van der Waals surface area contributed by atoms with Gasteiger partial charge < -0.3 is 14.2 Å². The number of rotatable bonds is 6. The number of sulfonamides is 1. The van der Waals surface area contributed by atoms with E-state index in [4.69, 9.17) is 14.2 Å². The molecule has 1 fully saturated rings. The predicted octanol–water partition coefficient (Wildman–Crippen LogP) is 1.55. The summed E-state index contributed by atoms with van der Waals surface area (Å²) in [6.07, 6.45) is 1.75. The minimum Gasteiger partial charge on any atom is -0.497 e. The summed E-state index contributed by atoms with van der Waals surface area (Å²) in [7, 11) is -0.733. The van der Waals surface area contributed by atoms with Crippen LogP contribution in [0.25, 0.3) is 0 Å². The lowest BCUT2D eigenvalue weighted by molar-refractivity contribution is 0.0902. The van der Waals surface area contributed by atoms with Gasteiger partial charge in [-0.3, -0.25) is 0 Å². The van der Waals surface area contributed by atoms with Crippen LogP contribution >= 0.6 is 0 Å². The Morgan fingerprint density at radius 2 is 2.10 bits per heavy atom. The first-order valence-electron chi connectivity index (χ1n) is 6.84. The molecule has 0 spiro atoms. The maximum absolute atomic E-state index is 12.5. The number of hydrogen-bond acceptors (Lipinski definition) is 5. The molecule has 118 valence electrons. The Morgan fingerprint density at radius 3 is 2.67 bits per heavy atom. The normalized spacial score (nSPS) is 20.2. The third kappa shape index (κ3) is 3.66. The second-order valence-corrected chi connectivity index (χ2v) is 6.66. The summed E-state index contributed by atoms with van der Waals surface area (Å²) in [5.41, 5.74) is 0. The van der Waals surface area contributed by atoms with Crippen molar-refractivity contribution in [2.24, 2.45) is 0 Å². The number of ether oxygens (including phenoxy) is 3. The highest BCUT2D eigenvalue weighted by Gasteiger charge is 2.28. The zero-order chi connectivity index (χ0) is 15.5. The van der Waals surface area contributed by atoms with Crippen LogP contribution in [0.1, 0.15) is 19.8 Å². The molecule has 7 heteroatoms. The molecule has 0 saturated carbocycles. The standard InChI is InChI=1S/C14H21NO5S/c1-10(12-5-4-8-20-12)15-21(16,17)14-7-6-11(18-2)9-13(14)19-3/h6-7,9-10,12,15H,4-5,8H2,1-3H3/t10-,12+/m0/s1. The maximum atomic E-state index is 12.5. The minimum absolute atomic E-state index is 0.0796. The minimum atomic E-state index is -3.68. The summed E-state index contributed by atoms with van der Waals surface area (Å²) >= 11 is 0. The van der Waals surface area contributed by atoms with Gasteiger partial charge in [-0.1, -0.05) is 0 Å². The fourth-order valence-corrected chi connectivity index (χ4v) is 3.80. The highest BCUT2D eigenvalue weighted by molar-refractivity contribution is 7.89. The molecule has 1 aliphatic heterocycles. The fourth-order valence-electron chi connectivity index (χ4n) is 2.38. The van der Waals surface area contributed by atoms with Crippen molar-refractivity contribution >= 4 is 10.0 Å². The maximum Gasteiger partial charge on any atom is 0.244 e. The van der Waals surface area contributed by atoms with Crippen LogP contribution < -0.4 is 14.2 Å². The third-order valence-electron chi connectivity index (χ3n) is 3.52.